The van der Waals surface area contributed by atoms with E-state index in [1.807, 2.05) is 0 Å². The first-order valence-corrected chi connectivity index (χ1v) is 6.23. The predicted octanol–water partition coefficient (Wildman–Crippen LogP) is 4.57. The molecule has 20 heavy (non-hydrogen) atoms. The molecule has 0 aromatic heterocycles. The third-order valence-electron chi connectivity index (χ3n) is 2.16. The lowest BCUT2D eigenvalue weighted by Crippen LogP contribution is -2.22. The lowest BCUT2D eigenvalue weighted by Gasteiger charge is -2.17. The van der Waals surface area contributed by atoms with Crippen molar-refractivity contribution in [3.63, 3.8) is 0 Å². The Morgan fingerprint density at radius 1 is 1.15 bits per heavy atom. The van der Waals surface area contributed by atoms with Gasteiger partial charge in [0.1, 0.15) is 0 Å². The predicted molar refractivity (Wildman–Crippen MR) is 60.9 cm³/mol. The Balaban J connectivity index is 3.41. The van der Waals surface area contributed by atoms with Gasteiger partial charge in [0.25, 0.3) is 0 Å². The number of para-hydroxylation sites is 1. The van der Waals surface area contributed by atoms with E-state index in [-0.39, 0.29) is 11.8 Å². The Kier molecular flexibility index (Phi) is 5.06. The third-order valence-corrected chi connectivity index (χ3v) is 2.56. The Hall–Kier alpha value is -1.25. The van der Waals surface area contributed by atoms with Gasteiger partial charge in [0.2, 0.25) is 0 Å². The van der Waals surface area contributed by atoms with Gasteiger partial charge < -0.3 is 4.74 Å². The summed E-state index contributed by atoms with van der Waals surface area (Å²) in [6, 6.07) is 2.14. The molecule has 0 aliphatic rings. The molecule has 0 radical (unpaired) electrons. The van der Waals surface area contributed by atoms with Crippen LogP contribution in [-0.2, 0) is 6.18 Å². The summed E-state index contributed by atoms with van der Waals surface area (Å²) < 4.78 is 78.1. The first kappa shape index (κ1) is 16.8. The molecule has 0 fully saturated rings. The molecule has 1 aromatic rings. The average Bonchev–Trinajstić information content (AvgIpc) is 2.25. The monoisotopic (exact) mass is 364 g/mol. The molecular weight excluding hydrogens is 358 g/mol. The highest BCUT2D eigenvalue weighted by Crippen LogP contribution is 2.40. The van der Waals surface area contributed by atoms with Gasteiger partial charge in [0.05, 0.1) is 11.1 Å². The molecular formula is C11H7BrF6O2. The summed E-state index contributed by atoms with van der Waals surface area (Å²) in [7, 11) is 0. The minimum absolute atomic E-state index is 0.105. The number of halogens is 7. The first-order chi connectivity index (χ1) is 9.06. The summed E-state index contributed by atoms with van der Waals surface area (Å²) in [6.45, 7) is 0. The molecule has 0 heterocycles. The van der Waals surface area contributed by atoms with Crippen molar-refractivity contribution in [1.82, 2.24) is 0 Å². The molecule has 1 aromatic carbocycles. The molecule has 1 rings (SSSR count). The topological polar surface area (TPSA) is 26.3 Å². The Morgan fingerprint density at radius 3 is 2.20 bits per heavy atom. The van der Waals surface area contributed by atoms with Crippen LogP contribution >= 0.6 is 15.9 Å². The normalized spacial score (nSPS) is 12.3. The highest BCUT2D eigenvalue weighted by atomic mass is 79.9. The number of hydrogen-bond acceptors (Lipinski definition) is 2. The fourth-order valence-electron chi connectivity index (χ4n) is 1.43. The number of hydrogen-bond donors (Lipinski definition) is 0. The van der Waals surface area contributed by atoms with E-state index in [4.69, 9.17) is 0 Å². The molecule has 0 saturated heterocycles. The second kappa shape index (κ2) is 6.02. The van der Waals surface area contributed by atoms with Crippen molar-refractivity contribution in [2.75, 3.05) is 5.33 Å². The van der Waals surface area contributed by atoms with Crippen molar-refractivity contribution < 1.29 is 35.9 Å². The Bertz CT molecular complexity index is 495. The molecule has 112 valence electrons. The quantitative estimate of drug-likeness (QED) is 0.444. The van der Waals surface area contributed by atoms with Crippen molar-refractivity contribution in [1.29, 1.82) is 0 Å². The van der Waals surface area contributed by atoms with Gasteiger partial charge in [-0.25, -0.2) is 0 Å². The van der Waals surface area contributed by atoms with Crippen LogP contribution in [0.15, 0.2) is 18.2 Å². The van der Waals surface area contributed by atoms with Gasteiger partial charge in [0.15, 0.2) is 11.5 Å². The number of ether oxygens (including phenoxy) is 1. The number of benzene rings is 1. The van der Waals surface area contributed by atoms with E-state index in [1.165, 1.54) is 0 Å². The zero-order valence-electron chi connectivity index (χ0n) is 9.61. The highest BCUT2D eigenvalue weighted by Gasteiger charge is 2.41. The molecule has 0 saturated carbocycles. The second-order valence-electron chi connectivity index (χ2n) is 3.59. The van der Waals surface area contributed by atoms with E-state index in [2.05, 4.69) is 20.7 Å². The van der Waals surface area contributed by atoms with Gasteiger partial charge in [-0.1, -0.05) is 22.0 Å². The molecule has 0 unspecified atom stereocenters. The molecule has 0 N–H and O–H groups in total. The number of carbonyl (C=O) groups excluding carboxylic acids is 1. The number of ketones is 1. The Morgan fingerprint density at radius 2 is 1.75 bits per heavy atom. The standard InChI is InChI=1S/C11H7BrF6O2/c12-5-4-8(19)6-2-1-3-7(10(13,14)15)9(6)20-11(16,17)18/h1-3H,4-5H2. The van der Waals surface area contributed by atoms with Gasteiger partial charge in [-0.05, 0) is 12.1 Å². The zero-order chi connectivity index (χ0) is 15.6. The SMILES string of the molecule is O=C(CCBr)c1cccc(C(F)(F)F)c1OC(F)(F)F. The summed E-state index contributed by atoms with van der Waals surface area (Å²) in [6.07, 6.45) is -10.6. The fraction of sp³-hybridized carbons (Fsp3) is 0.364. The van der Waals surface area contributed by atoms with Crippen LogP contribution in [0.25, 0.3) is 0 Å². The zero-order valence-corrected chi connectivity index (χ0v) is 11.2. The molecule has 2 nitrogen and oxygen atoms in total. The number of carbonyl (C=O) groups is 1. The highest BCUT2D eigenvalue weighted by molar-refractivity contribution is 9.09. The smallest absolute Gasteiger partial charge is 0.404 e. The fourth-order valence-corrected chi connectivity index (χ4v) is 1.79. The van der Waals surface area contributed by atoms with Gasteiger partial charge in [0, 0.05) is 11.8 Å². The van der Waals surface area contributed by atoms with Crippen LogP contribution in [-0.4, -0.2) is 17.5 Å². The van der Waals surface area contributed by atoms with Crippen LogP contribution in [0.2, 0.25) is 0 Å². The van der Waals surface area contributed by atoms with Crippen molar-refractivity contribution in [3.8, 4) is 5.75 Å². The number of Topliss-reactive ketones (excluding diaryl/α,β-unsaturated/α-hetero) is 1. The minimum Gasteiger partial charge on any atom is -0.404 e. The van der Waals surface area contributed by atoms with Crippen LogP contribution in [0.1, 0.15) is 22.3 Å². The summed E-state index contributed by atoms with van der Waals surface area (Å²) in [5, 5.41) is 0.105. The molecule has 0 aliphatic heterocycles. The van der Waals surface area contributed by atoms with E-state index < -0.39 is 35.2 Å². The van der Waals surface area contributed by atoms with Crippen molar-refractivity contribution in [2.24, 2.45) is 0 Å². The summed E-state index contributed by atoms with van der Waals surface area (Å²) >= 11 is 2.89. The molecule has 0 spiro atoms. The van der Waals surface area contributed by atoms with Gasteiger partial charge in [-0.2, -0.15) is 13.2 Å². The summed E-state index contributed by atoms with van der Waals surface area (Å²) in [4.78, 5) is 11.6. The average molecular weight is 365 g/mol. The van der Waals surface area contributed by atoms with Crippen molar-refractivity contribution in [3.05, 3.63) is 29.3 Å². The van der Waals surface area contributed by atoms with Crippen molar-refractivity contribution in [2.45, 2.75) is 19.0 Å². The maximum Gasteiger partial charge on any atom is 0.573 e. The minimum atomic E-state index is -5.33. The molecule has 0 amide bonds. The molecule has 0 atom stereocenters. The van der Waals surface area contributed by atoms with Crippen LogP contribution < -0.4 is 4.74 Å². The van der Waals surface area contributed by atoms with Gasteiger partial charge >= 0.3 is 12.5 Å². The van der Waals surface area contributed by atoms with Crippen LogP contribution in [0, 0.1) is 0 Å². The molecule has 0 bridgehead atoms. The first-order valence-electron chi connectivity index (χ1n) is 5.11. The van der Waals surface area contributed by atoms with Crippen molar-refractivity contribution >= 4 is 21.7 Å². The van der Waals surface area contributed by atoms with E-state index in [1.54, 1.807) is 0 Å². The maximum absolute atomic E-state index is 12.7. The largest absolute Gasteiger partial charge is 0.573 e. The second-order valence-corrected chi connectivity index (χ2v) is 4.38. The number of alkyl halides is 7. The third kappa shape index (κ3) is 4.39. The van der Waals surface area contributed by atoms with Gasteiger partial charge in [-0.3, -0.25) is 4.79 Å². The lowest BCUT2D eigenvalue weighted by molar-refractivity contribution is -0.276. The van der Waals surface area contributed by atoms with E-state index in [0.717, 1.165) is 12.1 Å². The Labute approximate surface area is 117 Å². The van der Waals surface area contributed by atoms with Crippen LogP contribution in [0.3, 0.4) is 0 Å². The summed E-state index contributed by atoms with van der Waals surface area (Å²) in [5.41, 5.74) is -2.40. The summed E-state index contributed by atoms with van der Waals surface area (Å²) in [5.74, 6) is -2.40. The van der Waals surface area contributed by atoms with E-state index in [0.29, 0.717) is 6.07 Å². The lowest BCUT2D eigenvalue weighted by atomic mass is 10.0. The van der Waals surface area contributed by atoms with E-state index >= 15 is 0 Å². The molecule has 0 aliphatic carbocycles. The van der Waals surface area contributed by atoms with Crippen LogP contribution in [0.5, 0.6) is 5.75 Å². The van der Waals surface area contributed by atoms with Gasteiger partial charge in [-0.15, -0.1) is 13.2 Å². The number of rotatable bonds is 4. The van der Waals surface area contributed by atoms with E-state index in [9.17, 15) is 31.1 Å². The molecule has 9 heteroatoms. The van der Waals surface area contributed by atoms with Crippen LogP contribution in [0.4, 0.5) is 26.3 Å². The maximum atomic E-state index is 12.7.